The van der Waals surface area contributed by atoms with Crippen molar-refractivity contribution in [3.63, 3.8) is 0 Å². The molecule has 2 nitrogen and oxygen atoms in total. The summed E-state index contributed by atoms with van der Waals surface area (Å²) in [6.45, 7) is 4.20. The van der Waals surface area contributed by atoms with Gasteiger partial charge in [-0.1, -0.05) is 0 Å². The Morgan fingerprint density at radius 1 is 1.27 bits per heavy atom. The Balaban J connectivity index is 2.72. The average molecular weight is 218 g/mol. The second kappa shape index (κ2) is 4.42. The van der Waals surface area contributed by atoms with Crippen LogP contribution in [0.1, 0.15) is 0 Å². The third kappa shape index (κ3) is 3.69. The Kier molecular flexibility index (Phi) is 3.44. The number of nitrogens with zero attached hydrogens (tertiary/aromatic N) is 1. The number of ether oxygens (including phenoxy) is 1. The lowest BCUT2D eigenvalue weighted by Gasteiger charge is -2.17. The minimum atomic E-state index is -4.64. The van der Waals surface area contributed by atoms with Crippen LogP contribution in [-0.2, 0) is 0 Å². The molecule has 1 rings (SSSR count). The van der Waals surface area contributed by atoms with Crippen molar-refractivity contribution in [1.82, 2.24) is 0 Å². The molecule has 0 N–H and O–H groups in total. The maximum absolute atomic E-state index is 11.8. The van der Waals surface area contributed by atoms with Crippen molar-refractivity contribution in [3.05, 3.63) is 31.2 Å². The Morgan fingerprint density at radius 2 is 1.80 bits per heavy atom. The highest BCUT2D eigenvalue weighted by Crippen LogP contribution is 2.24. The van der Waals surface area contributed by atoms with E-state index in [-0.39, 0.29) is 5.75 Å². The van der Waals surface area contributed by atoms with Gasteiger partial charge in [0.05, 0.1) is 0 Å². The van der Waals surface area contributed by atoms with E-state index in [0.29, 0.717) is 6.54 Å². The minimum absolute atomic E-state index is 0.219. The average Bonchev–Trinajstić information content (AvgIpc) is 2.15. The predicted molar refractivity (Wildman–Crippen MR) is 51.8 cm³/mol. The van der Waals surface area contributed by atoms with Crippen LogP contribution in [0.25, 0.3) is 0 Å². The standard InChI is InChI=1S/C10H11F3NO/c1-3-14(2)8-4-6-9(7-5-8)15-10(11,12)13/h4-7H,1,3H2,2H3. The van der Waals surface area contributed by atoms with Gasteiger partial charge in [-0.15, -0.1) is 13.2 Å². The summed E-state index contributed by atoms with van der Waals surface area (Å²) in [6.07, 6.45) is -4.64. The number of hydrogen-bond donors (Lipinski definition) is 0. The number of hydrogen-bond acceptors (Lipinski definition) is 2. The Morgan fingerprint density at radius 3 is 2.20 bits per heavy atom. The third-order valence-electron chi connectivity index (χ3n) is 1.85. The summed E-state index contributed by atoms with van der Waals surface area (Å²) >= 11 is 0. The van der Waals surface area contributed by atoms with Gasteiger partial charge >= 0.3 is 6.36 Å². The molecule has 0 saturated heterocycles. The molecule has 0 aliphatic rings. The SMILES string of the molecule is [CH2]CN(C)c1ccc(OC(F)(F)F)cc1. The van der Waals surface area contributed by atoms with Crippen LogP contribution in [0, 0.1) is 6.92 Å². The lowest BCUT2D eigenvalue weighted by Crippen LogP contribution is -2.18. The Labute approximate surface area is 86.3 Å². The van der Waals surface area contributed by atoms with Crippen LogP contribution < -0.4 is 9.64 Å². The van der Waals surface area contributed by atoms with E-state index >= 15 is 0 Å². The second-order valence-electron chi connectivity index (χ2n) is 2.96. The van der Waals surface area contributed by atoms with Gasteiger partial charge in [-0.3, -0.25) is 0 Å². The van der Waals surface area contributed by atoms with Gasteiger partial charge in [0, 0.05) is 19.3 Å². The molecule has 5 heteroatoms. The fourth-order valence-electron chi connectivity index (χ4n) is 1.03. The van der Waals surface area contributed by atoms with Crippen LogP contribution in [-0.4, -0.2) is 20.0 Å². The molecule has 0 aliphatic heterocycles. The number of anilines is 1. The first-order valence-electron chi connectivity index (χ1n) is 4.28. The van der Waals surface area contributed by atoms with E-state index < -0.39 is 6.36 Å². The first-order chi connectivity index (χ1) is 6.92. The van der Waals surface area contributed by atoms with E-state index in [2.05, 4.69) is 11.7 Å². The first-order valence-corrected chi connectivity index (χ1v) is 4.28. The molecule has 83 valence electrons. The molecule has 0 spiro atoms. The lowest BCUT2D eigenvalue weighted by atomic mass is 10.3. The molecular formula is C10H11F3NO. The topological polar surface area (TPSA) is 12.5 Å². The molecule has 0 aromatic heterocycles. The smallest absolute Gasteiger partial charge is 0.406 e. The van der Waals surface area contributed by atoms with E-state index in [1.54, 1.807) is 24.1 Å². The Hall–Kier alpha value is -1.39. The maximum atomic E-state index is 11.8. The summed E-state index contributed by atoms with van der Waals surface area (Å²) in [7, 11) is 1.80. The lowest BCUT2D eigenvalue weighted by molar-refractivity contribution is -0.274. The third-order valence-corrected chi connectivity index (χ3v) is 1.85. The Bertz CT molecular complexity index is 307. The molecular weight excluding hydrogens is 207 g/mol. The van der Waals surface area contributed by atoms with E-state index in [1.165, 1.54) is 12.1 Å². The van der Waals surface area contributed by atoms with Gasteiger partial charge in [0.2, 0.25) is 0 Å². The molecule has 0 atom stereocenters. The van der Waals surface area contributed by atoms with Crippen molar-refractivity contribution in [2.24, 2.45) is 0 Å². The van der Waals surface area contributed by atoms with Crippen molar-refractivity contribution < 1.29 is 17.9 Å². The van der Waals surface area contributed by atoms with Crippen LogP contribution in [0.2, 0.25) is 0 Å². The zero-order chi connectivity index (χ0) is 11.5. The van der Waals surface area contributed by atoms with Gasteiger partial charge in [-0.25, -0.2) is 0 Å². The predicted octanol–water partition coefficient (Wildman–Crippen LogP) is 2.86. The van der Waals surface area contributed by atoms with Crippen LogP contribution in [0.4, 0.5) is 18.9 Å². The van der Waals surface area contributed by atoms with E-state index in [4.69, 9.17) is 0 Å². The summed E-state index contributed by atoms with van der Waals surface area (Å²) < 4.78 is 39.2. The zero-order valence-corrected chi connectivity index (χ0v) is 8.21. The van der Waals surface area contributed by atoms with Gasteiger partial charge in [-0.2, -0.15) is 0 Å². The molecule has 1 aromatic carbocycles. The molecule has 0 unspecified atom stereocenters. The van der Waals surface area contributed by atoms with Gasteiger partial charge < -0.3 is 9.64 Å². The van der Waals surface area contributed by atoms with Crippen molar-refractivity contribution in [3.8, 4) is 5.75 Å². The minimum Gasteiger partial charge on any atom is -0.406 e. The fraction of sp³-hybridized carbons (Fsp3) is 0.300. The summed E-state index contributed by atoms with van der Waals surface area (Å²) in [4.78, 5) is 1.80. The number of benzene rings is 1. The number of halogens is 3. The van der Waals surface area contributed by atoms with Crippen LogP contribution in [0.5, 0.6) is 5.75 Å². The van der Waals surface area contributed by atoms with Crippen LogP contribution in [0.3, 0.4) is 0 Å². The van der Waals surface area contributed by atoms with Crippen molar-refractivity contribution in [2.75, 3.05) is 18.5 Å². The quantitative estimate of drug-likeness (QED) is 0.773. The summed E-state index contributed by atoms with van der Waals surface area (Å²) in [5.41, 5.74) is 0.791. The maximum Gasteiger partial charge on any atom is 0.573 e. The van der Waals surface area contributed by atoms with Gasteiger partial charge in [-0.05, 0) is 31.2 Å². The molecule has 1 aromatic rings. The van der Waals surface area contributed by atoms with E-state index in [9.17, 15) is 13.2 Å². The molecule has 0 heterocycles. The fourth-order valence-corrected chi connectivity index (χ4v) is 1.03. The molecule has 1 radical (unpaired) electrons. The van der Waals surface area contributed by atoms with Crippen LogP contribution in [0.15, 0.2) is 24.3 Å². The van der Waals surface area contributed by atoms with Crippen LogP contribution >= 0.6 is 0 Å². The summed E-state index contributed by atoms with van der Waals surface area (Å²) in [6, 6.07) is 5.64. The van der Waals surface area contributed by atoms with Crippen molar-refractivity contribution in [1.29, 1.82) is 0 Å². The largest absolute Gasteiger partial charge is 0.573 e. The highest BCUT2D eigenvalue weighted by Gasteiger charge is 2.30. The molecule has 0 saturated carbocycles. The van der Waals surface area contributed by atoms with Gasteiger partial charge in [0.15, 0.2) is 0 Å². The highest BCUT2D eigenvalue weighted by atomic mass is 19.4. The van der Waals surface area contributed by atoms with Gasteiger partial charge in [0.1, 0.15) is 5.75 Å². The molecule has 0 bridgehead atoms. The second-order valence-corrected chi connectivity index (χ2v) is 2.96. The number of rotatable bonds is 3. The van der Waals surface area contributed by atoms with E-state index in [1.807, 2.05) is 0 Å². The van der Waals surface area contributed by atoms with E-state index in [0.717, 1.165) is 5.69 Å². The highest BCUT2D eigenvalue weighted by molar-refractivity contribution is 5.48. The first kappa shape index (κ1) is 11.7. The monoisotopic (exact) mass is 218 g/mol. The number of alkyl halides is 3. The van der Waals surface area contributed by atoms with Gasteiger partial charge in [0.25, 0.3) is 0 Å². The zero-order valence-electron chi connectivity index (χ0n) is 8.21. The van der Waals surface area contributed by atoms with Crippen molar-refractivity contribution in [2.45, 2.75) is 6.36 Å². The molecule has 0 aliphatic carbocycles. The molecule has 0 amide bonds. The normalized spacial score (nSPS) is 11.3. The molecule has 15 heavy (non-hydrogen) atoms. The molecule has 0 fully saturated rings. The summed E-state index contributed by atoms with van der Waals surface area (Å²) in [5.74, 6) is -0.219. The van der Waals surface area contributed by atoms with Crippen molar-refractivity contribution >= 4 is 5.69 Å². The summed E-state index contributed by atoms with van der Waals surface area (Å²) in [5, 5.41) is 0.